The van der Waals surface area contributed by atoms with E-state index in [0.29, 0.717) is 16.5 Å². The number of rotatable bonds is 8. The van der Waals surface area contributed by atoms with Crippen molar-refractivity contribution in [2.75, 3.05) is 11.1 Å². The highest BCUT2D eigenvalue weighted by Crippen LogP contribution is 2.32. The molecule has 0 aromatic carbocycles. The Hall–Kier alpha value is -1.10. The average Bonchev–Trinajstić information content (AvgIpc) is 3.14. The van der Waals surface area contributed by atoms with E-state index < -0.39 is 5.91 Å². The number of nitrogens with zero attached hydrogens (tertiary/aromatic N) is 2. The number of carbonyl (C=O) groups is 2. The quantitative estimate of drug-likeness (QED) is 0.655. The lowest BCUT2D eigenvalue weighted by atomic mass is 10.3. The second kappa shape index (κ2) is 8.84. The maximum atomic E-state index is 12.3. The monoisotopic (exact) mass is 402 g/mol. The molecule has 2 heterocycles. The van der Waals surface area contributed by atoms with Gasteiger partial charge in [-0.1, -0.05) is 48.7 Å². The summed E-state index contributed by atoms with van der Waals surface area (Å²) in [7, 11) is 0. The molecule has 2 aromatic heterocycles. The van der Waals surface area contributed by atoms with Crippen LogP contribution in [0.25, 0.3) is 0 Å². The summed E-state index contributed by atoms with van der Waals surface area (Å²) in [5, 5.41) is 12.8. The molecule has 2 amide bonds. The molecule has 0 bridgehead atoms. The van der Waals surface area contributed by atoms with Crippen LogP contribution in [0.4, 0.5) is 5.00 Å². The van der Waals surface area contributed by atoms with Gasteiger partial charge in [0.05, 0.1) is 10.8 Å². The first-order chi connectivity index (χ1) is 11.4. The second-order valence-corrected chi connectivity index (χ2v) is 10.1. The molecule has 2 rings (SSSR count). The molecule has 0 unspecified atom stereocenters. The number of carbonyl (C=O) groups excluding carboxylic acids is 2. The molecule has 6 nitrogen and oxygen atoms in total. The Morgan fingerprint density at radius 2 is 2.00 bits per heavy atom. The number of aromatic nitrogens is 2. The molecule has 24 heavy (non-hydrogen) atoms. The number of primary amides is 1. The number of thioether (sulfide) groups is 2. The van der Waals surface area contributed by atoms with Gasteiger partial charge in [0.15, 0.2) is 8.68 Å². The van der Waals surface area contributed by atoms with Gasteiger partial charge >= 0.3 is 0 Å². The van der Waals surface area contributed by atoms with Crippen LogP contribution < -0.4 is 11.1 Å². The third kappa shape index (κ3) is 5.47. The van der Waals surface area contributed by atoms with Crippen molar-refractivity contribution in [2.24, 2.45) is 11.7 Å². The summed E-state index contributed by atoms with van der Waals surface area (Å²) < 4.78 is 1.67. The minimum atomic E-state index is -0.553. The van der Waals surface area contributed by atoms with Crippen LogP contribution in [0.15, 0.2) is 20.1 Å². The van der Waals surface area contributed by atoms with Crippen LogP contribution in [0.5, 0.6) is 0 Å². The normalized spacial score (nSPS) is 12.3. The largest absolute Gasteiger partial charge is 0.366 e. The zero-order chi connectivity index (χ0) is 17.7. The highest BCUT2D eigenvalue weighted by Gasteiger charge is 2.20. The number of hydrogen-bond donors (Lipinski definition) is 2. The highest BCUT2D eigenvalue weighted by atomic mass is 32.2. The Kier molecular flexibility index (Phi) is 7.08. The zero-order valence-corrected chi connectivity index (χ0v) is 16.7. The molecule has 0 spiro atoms. The number of hydrogen-bond acceptors (Lipinski definition) is 8. The topological polar surface area (TPSA) is 98.0 Å². The van der Waals surface area contributed by atoms with Crippen molar-refractivity contribution in [3.05, 3.63) is 17.0 Å². The fraction of sp³-hybridized carbons (Fsp3) is 0.429. The molecule has 10 heteroatoms. The van der Waals surface area contributed by atoms with Gasteiger partial charge in [0.25, 0.3) is 5.91 Å². The van der Waals surface area contributed by atoms with E-state index in [-0.39, 0.29) is 11.2 Å². The second-order valence-electron chi connectivity index (χ2n) is 5.32. The lowest BCUT2D eigenvalue weighted by Gasteiger charge is -2.09. The van der Waals surface area contributed by atoms with Gasteiger partial charge in [-0.05, 0) is 24.3 Å². The summed E-state index contributed by atoms with van der Waals surface area (Å²) in [4.78, 5) is 23.6. The average molecular weight is 403 g/mol. The Morgan fingerprint density at radius 3 is 2.67 bits per heavy atom. The van der Waals surface area contributed by atoms with Gasteiger partial charge in [-0.2, -0.15) is 0 Å². The van der Waals surface area contributed by atoms with Gasteiger partial charge in [0, 0.05) is 5.75 Å². The predicted octanol–water partition coefficient (Wildman–Crippen LogP) is 3.57. The molecule has 3 N–H and O–H groups in total. The number of nitrogens with two attached hydrogens (primary N) is 1. The molecule has 1 atom stereocenters. The van der Waals surface area contributed by atoms with Gasteiger partial charge in [0.1, 0.15) is 5.00 Å². The fourth-order valence-electron chi connectivity index (χ4n) is 1.56. The van der Waals surface area contributed by atoms with Gasteiger partial charge < -0.3 is 11.1 Å². The molecule has 0 saturated heterocycles. The molecule has 0 radical (unpaired) electrons. The van der Waals surface area contributed by atoms with E-state index >= 15 is 0 Å². The van der Waals surface area contributed by atoms with E-state index in [1.54, 1.807) is 30.1 Å². The molecule has 2 aromatic rings. The summed E-state index contributed by atoms with van der Waals surface area (Å²) in [5.41, 5.74) is 5.61. The summed E-state index contributed by atoms with van der Waals surface area (Å²) in [6, 6.07) is 1.60. The van der Waals surface area contributed by atoms with Gasteiger partial charge in [-0.15, -0.1) is 21.5 Å². The van der Waals surface area contributed by atoms with Crippen LogP contribution in [0.3, 0.4) is 0 Å². The maximum Gasteiger partial charge on any atom is 0.251 e. The summed E-state index contributed by atoms with van der Waals surface area (Å²) in [6.07, 6.45) is 0. The molecule has 0 aliphatic heterocycles. The third-order valence-electron chi connectivity index (χ3n) is 2.74. The lowest BCUT2D eigenvalue weighted by molar-refractivity contribution is -0.115. The Bertz CT molecular complexity index is 713. The molecule has 0 saturated carbocycles. The predicted molar refractivity (Wildman–Crippen MR) is 102 cm³/mol. The summed E-state index contributed by atoms with van der Waals surface area (Å²) in [6.45, 7) is 6.10. The molecule has 0 aliphatic carbocycles. The van der Waals surface area contributed by atoms with E-state index in [9.17, 15) is 9.59 Å². The zero-order valence-electron chi connectivity index (χ0n) is 13.4. The van der Waals surface area contributed by atoms with E-state index in [1.807, 2.05) is 0 Å². The van der Waals surface area contributed by atoms with Crippen LogP contribution >= 0.6 is 46.2 Å². The van der Waals surface area contributed by atoms with Crippen LogP contribution in [0.1, 0.15) is 31.1 Å². The minimum absolute atomic E-state index is 0.198. The van der Waals surface area contributed by atoms with E-state index in [1.165, 1.54) is 34.4 Å². The molecule has 0 fully saturated rings. The molecular weight excluding hydrogens is 384 g/mol. The van der Waals surface area contributed by atoms with Crippen molar-refractivity contribution < 1.29 is 9.59 Å². The van der Waals surface area contributed by atoms with E-state index in [4.69, 9.17) is 5.73 Å². The summed E-state index contributed by atoms with van der Waals surface area (Å²) in [5.74, 6) is 0.827. The van der Waals surface area contributed by atoms with Crippen molar-refractivity contribution in [1.82, 2.24) is 10.2 Å². The first kappa shape index (κ1) is 19.2. The van der Waals surface area contributed by atoms with Crippen molar-refractivity contribution >= 4 is 63.0 Å². The third-order valence-corrected chi connectivity index (χ3v) is 7.24. The molecule has 0 aliphatic rings. The Labute approximate surface area is 157 Å². The van der Waals surface area contributed by atoms with E-state index in [2.05, 4.69) is 29.4 Å². The smallest absolute Gasteiger partial charge is 0.251 e. The summed E-state index contributed by atoms with van der Waals surface area (Å²) >= 11 is 5.79. The van der Waals surface area contributed by atoms with Crippen LogP contribution in [0.2, 0.25) is 0 Å². The van der Waals surface area contributed by atoms with Gasteiger partial charge in [0.2, 0.25) is 5.91 Å². The number of amides is 2. The van der Waals surface area contributed by atoms with Crippen LogP contribution in [-0.2, 0) is 4.79 Å². The van der Waals surface area contributed by atoms with Gasteiger partial charge in [-0.25, -0.2) is 0 Å². The number of nitrogens with one attached hydrogen (secondary N) is 1. The first-order valence-corrected chi connectivity index (χ1v) is 10.7. The minimum Gasteiger partial charge on any atom is -0.366 e. The fourth-order valence-corrected chi connectivity index (χ4v) is 5.50. The first-order valence-electron chi connectivity index (χ1n) is 7.18. The SMILES string of the molecule is CC(C)CSc1nnc(S[C@H](C)C(=O)Nc2sccc2C(N)=O)s1. The number of thiophene rings is 1. The molecule has 130 valence electrons. The molecular formula is C14H18N4O2S4. The van der Waals surface area contributed by atoms with E-state index in [0.717, 1.165) is 14.4 Å². The number of anilines is 1. The Morgan fingerprint density at radius 1 is 1.29 bits per heavy atom. The standard InChI is InChI=1S/C14H18N4O2S4/c1-7(2)6-22-13-17-18-14(24-13)23-8(3)11(20)16-12-9(10(15)19)4-5-21-12/h4-5,7-8H,6H2,1-3H3,(H2,15,19)(H,16,20)/t8-/m1/s1. The van der Waals surface area contributed by atoms with Crippen molar-refractivity contribution in [1.29, 1.82) is 0 Å². The lowest BCUT2D eigenvalue weighted by Crippen LogP contribution is -2.23. The van der Waals surface area contributed by atoms with Crippen LogP contribution in [-0.4, -0.2) is 33.0 Å². The van der Waals surface area contributed by atoms with Crippen molar-refractivity contribution in [2.45, 2.75) is 34.7 Å². The highest BCUT2D eigenvalue weighted by molar-refractivity contribution is 8.03. The van der Waals surface area contributed by atoms with Crippen LogP contribution in [0, 0.1) is 5.92 Å². The maximum absolute atomic E-state index is 12.3. The Balaban J connectivity index is 1.92. The van der Waals surface area contributed by atoms with Gasteiger partial charge in [-0.3, -0.25) is 9.59 Å². The van der Waals surface area contributed by atoms with Crippen molar-refractivity contribution in [3.8, 4) is 0 Å². The van der Waals surface area contributed by atoms with Crippen molar-refractivity contribution in [3.63, 3.8) is 0 Å².